The molecule has 1 amide bonds. The Labute approximate surface area is 91.4 Å². The Balaban J connectivity index is 2.21. The third-order valence-electron chi connectivity index (χ3n) is 3.22. The van der Waals surface area contributed by atoms with Crippen LogP contribution in [-0.2, 0) is 4.79 Å². The number of aliphatic hydroxyl groups is 1. The average Bonchev–Trinajstić information content (AvgIpc) is 2.77. The van der Waals surface area contributed by atoms with E-state index < -0.39 is 6.10 Å². The van der Waals surface area contributed by atoms with Crippen LogP contribution in [0.4, 0.5) is 0 Å². The lowest BCUT2D eigenvalue weighted by atomic mass is 10.0. The number of hydrogen-bond acceptors (Lipinski definition) is 3. The zero-order valence-electron chi connectivity index (χ0n) is 9.62. The molecule has 3 unspecified atom stereocenters. The minimum Gasteiger partial charge on any atom is -0.391 e. The summed E-state index contributed by atoms with van der Waals surface area (Å²) in [5.41, 5.74) is 0. The number of carbonyl (C=O) groups is 1. The van der Waals surface area contributed by atoms with Crippen LogP contribution in [0.15, 0.2) is 0 Å². The molecular weight excluding hydrogens is 192 g/mol. The second-order valence-corrected chi connectivity index (χ2v) is 4.39. The molecule has 1 fully saturated rings. The lowest BCUT2D eigenvalue weighted by Crippen LogP contribution is -2.39. The van der Waals surface area contributed by atoms with Crippen LogP contribution in [0.5, 0.6) is 0 Å². The largest absolute Gasteiger partial charge is 0.391 e. The molecule has 0 bridgehead atoms. The summed E-state index contributed by atoms with van der Waals surface area (Å²) in [4.78, 5) is 11.6. The smallest absolute Gasteiger partial charge is 0.224 e. The SMILES string of the molecule is CCC(C)C(O)CNC(=O)C1CCNC1. The van der Waals surface area contributed by atoms with Crippen molar-refractivity contribution in [2.45, 2.75) is 32.8 Å². The highest BCUT2D eigenvalue weighted by atomic mass is 16.3. The van der Waals surface area contributed by atoms with Gasteiger partial charge in [-0.3, -0.25) is 4.79 Å². The molecule has 0 aliphatic carbocycles. The fourth-order valence-corrected chi connectivity index (χ4v) is 1.70. The normalized spacial score (nSPS) is 24.9. The van der Waals surface area contributed by atoms with Crippen LogP contribution in [-0.4, -0.2) is 36.8 Å². The first-order valence-corrected chi connectivity index (χ1v) is 5.81. The van der Waals surface area contributed by atoms with Crippen molar-refractivity contribution in [1.82, 2.24) is 10.6 Å². The number of nitrogens with one attached hydrogen (secondary N) is 2. The Bertz CT molecular complexity index is 203. The van der Waals surface area contributed by atoms with Crippen molar-refractivity contribution in [2.75, 3.05) is 19.6 Å². The molecule has 1 aliphatic heterocycles. The summed E-state index contributed by atoms with van der Waals surface area (Å²) in [5.74, 6) is 0.406. The maximum absolute atomic E-state index is 11.6. The van der Waals surface area contributed by atoms with Crippen molar-refractivity contribution in [3.63, 3.8) is 0 Å². The molecule has 3 N–H and O–H groups in total. The molecule has 4 heteroatoms. The second-order valence-electron chi connectivity index (χ2n) is 4.39. The predicted molar refractivity (Wildman–Crippen MR) is 59.4 cm³/mol. The molecule has 1 rings (SSSR count). The molecule has 1 aliphatic rings. The van der Waals surface area contributed by atoms with Crippen molar-refractivity contribution in [3.8, 4) is 0 Å². The number of rotatable bonds is 5. The molecule has 4 nitrogen and oxygen atoms in total. The zero-order chi connectivity index (χ0) is 11.3. The second kappa shape index (κ2) is 6.08. The molecule has 0 aromatic heterocycles. The van der Waals surface area contributed by atoms with Gasteiger partial charge < -0.3 is 15.7 Å². The van der Waals surface area contributed by atoms with Crippen LogP contribution >= 0.6 is 0 Å². The third-order valence-corrected chi connectivity index (χ3v) is 3.22. The van der Waals surface area contributed by atoms with E-state index in [1.165, 1.54) is 0 Å². The fraction of sp³-hybridized carbons (Fsp3) is 0.909. The summed E-state index contributed by atoms with van der Waals surface area (Å²) in [6, 6.07) is 0. The van der Waals surface area contributed by atoms with Gasteiger partial charge in [0.1, 0.15) is 0 Å². The zero-order valence-corrected chi connectivity index (χ0v) is 9.62. The van der Waals surface area contributed by atoms with Gasteiger partial charge in [-0.2, -0.15) is 0 Å². The van der Waals surface area contributed by atoms with Crippen LogP contribution in [0, 0.1) is 11.8 Å². The highest BCUT2D eigenvalue weighted by Gasteiger charge is 2.23. The first-order valence-electron chi connectivity index (χ1n) is 5.81. The van der Waals surface area contributed by atoms with Gasteiger partial charge >= 0.3 is 0 Å². The van der Waals surface area contributed by atoms with E-state index in [-0.39, 0.29) is 17.7 Å². The Morgan fingerprint density at radius 2 is 2.40 bits per heavy atom. The van der Waals surface area contributed by atoms with Crippen molar-refractivity contribution >= 4 is 5.91 Å². The van der Waals surface area contributed by atoms with Crippen LogP contribution < -0.4 is 10.6 Å². The Hall–Kier alpha value is -0.610. The average molecular weight is 214 g/mol. The summed E-state index contributed by atoms with van der Waals surface area (Å²) in [7, 11) is 0. The topological polar surface area (TPSA) is 61.4 Å². The van der Waals surface area contributed by atoms with Gasteiger partial charge in [-0.25, -0.2) is 0 Å². The lowest BCUT2D eigenvalue weighted by molar-refractivity contribution is -0.125. The number of amides is 1. The van der Waals surface area contributed by atoms with E-state index in [4.69, 9.17) is 0 Å². The van der Waals surface area contributed by atoms with E-state index in [1.54, 1.807) is 0 Å². The van der Waals surface area contributed by atoms with Crippen LogP contribution in [0.2, 0.25) is 0 Å². The molecule has 1 saturated heterocycles. The fourth-order valence-electron chi connectivity index (χ4n) is 1.70. The van der Waals surface area contributed by atoms with Gasteiger partial charge in [-0.05, 0) is 18.9 Å². The first-order chi connectivity index (χ1) is 7.15. The van der Waals surface area contributed by atoms with Gasteiger partial charge in [-0.15, -0.1) is 0 Å². The van der Waals surface area contributed by atoms with Crippen molar-refractivity contribution in [1.29, 1.82) is 0 Å². The van der Waals surface area contributed by atoms with E-state index in [1.807, 2.05) is 13.8 Å². The summed E-state index contributed by atoms with van der Waals surface area (Å²) in [5, 5.41) is 15.6. The summed E-state index contributed by atoms with van der Waals surface area (Å²) < 4.78 is 0. The van der Waals surface area contributed by atoms with E-state index >= 15 is 0 Å². The maximum Gasteiger partial charge on any atom is 0.224 e. The molecule has 88 valence electrons. The first kappa shape index (κ1) is 12.5. The van der Waals surface area contributed by atoms with Gasteiger partial charge in [-0.1, -0.05) is 20.3 Å². The molecule has 15 heavy (non-hydrogen) atoms. The van der Waals surface area contributed by atoms with Crippen LogP contribution in [0.1, 0.15) is 26.7 Å². The Kier molecular flexibility index (Phi) is 5.05. The monoisotopic (exact) mass is 214 g/mol. The van der Waals surface area contributed by atoms with E-state index in [0.29, 0.717) is 6.54 Å². The van der Waals surface area contributed by atoms with Gasteiger partial charge in [0.2, 0.25) is 5.91 Å². The third kappa shape index (κ3) is 3.80. The van der Waals surface area contributed by atoms with Crippen molar-refractivity contribution < 1.29 is 9.90 Å². The number of hydrogen-bond donors (Lipinski definition) is 3. The van der Waals surface area contributed by atoms with Gasteiger partial charge in [0.15, 0.2) is 0 Å². The number of carbonyl (C=O) groups excluding carboxylic acids is 1. The lowest BCUT2D eigenvalue weighted by Gasteiger charge is -2.18. The van der Waals surface area contributed by atoms with E-state index in [2.05, 4.69) is 10.6 Å². The Morgan fingerprint density at radius 3 is 2.93 bits per heavy atom. The van der Waals surface area contributed by atoms with Crippen molar-refractivity contribution in [2.24, 2.45) is 11.8 Å². The molecule has 0 spiro atoms. The van der Waals surface area contributed by atoms with Gasteiger partial charge in [0.25, 0.3) is 0 Å². The van der Waals surface area contributed by atoms with Crippen LogP contribution in [0.3, 0.4) is 0 Å². The molecule has 0 aromatic carbocycles. The summed E-state index contributed by atoms with van der Waals surface area (Å²) in [6.07, 6.45) is 1.42. The van der Waals surface area contributed by atoms with Gasteiger partial charge in [0, 0.05) is 13.1 Å². The van der Waals surface area contributed by atoms with E-state index in [9.17, 15) is 9.90 Å². The highest BCUT2D eigenvalue weighted by Crippen LogP contribution is 2.09. The minimum absolute atomic E-state index is 0.0716. The van der Waals surface area contributed by atoms with E-state index in [0.717, 1.165) is 25.9 Å². The molecule has 1 heterocycles. The molecular formula is C11H22N2O2. The minimum atomic E-state index is -0.423. The summed E-state index contributed by atoms with van der Waals surface area (Å²) >= 11 is 0. The predicted octanol–water partition coefficient (Wildman–Crippen LogP) is 0.119. The quantitative estimate of drug-likeness (QED) is 0.609. The van der Waals surface area contributed by atoms with Gasteiger partial charge in [0.05, 0.1) is 12.0 Å². The molecule has 0 radical (unpaired) electrons. The molecule has 0 saturated carbocycles. The summed E-state index contributed by atoms with van der Waals surface area (Å²) in [6.45, 7) is 6.10. The standard InChI is InChI=1S/C11H22N2O2/c1-3-8(2)10(14)7-13-11(15)9-4-5-12-6-9/h8-10,12,14H,3-7H2,1-2H3,(H,13,15). The van der Waals surface area contributed by atoms with Crippen LogP contribution in [0.25, 0.3) is 0 Å². The Morgan fingerprint density at radius 1 is 1.67 bits per heavy atom. The number of aliphatic hydroxyl groups excluding tert-OH is 1. The maximum atomic E-state index is 11.6. The highest BCUT2D eigenvalue weighted by molar-refractivity contribution is 5.79. The molecule has 0 aromatic rings. The van der Waals surface area contributed by atoms with Crippen molar-refractivity contribution in [3.05, 3.63) is 0 Å². The molecule has 3 atom stereocenters.